The van der Waals surface area contributed by atoms with Crippen LogP contribution in [0.5, 0.6) is 0 Å². The van der Waals surface area contributed by atoms with Gasteiger partial charge in [-0.1, -0.05) is 26.7 Å². The van der Waals surface area contributed by atoms with Crippen molar-refractivity contribution in [2.24, 2.45) is 11.8 Å². The van der Waals surface area contributed by atoms with Gasteiger partial charge >= 0.3 is 0 Å². The lowest BCUT2D eigenvalue weighted by Gasteiger charge is -2.49. The fourth-order valence-electron chi connectivity index (χ4n) is 3.59. The summed E-state index contributed by atoms with van der Waals surface area (Å²) >= 11 is 0. The third-order valence-corrected chi connectivity index (χ3v) is 4.47. The minimum absolute atomic E-state index is 0.284. The lowest BCUT2D eigenvalue weighted by Crippen LogP contribution is -2.53. The molecule has 1 saturated carbocycles. The minimum Gasteiger partial charge on any atom is -0.390 e. The van der Waals surface area contributed by atoms with Crippen LogP contribution in [-0.4, -0.2) is 22.9 Å². The molecular formula is C14H26O2. The number of ether oxygens (including phenoxy) is 1. The van der Waals surface area contributed by atoms with Crippen LogP contribution in [-0.2, 0) is 4.74 Å². The maximum atomic E-state index is 10.6. The molecule has 0 amide bonds. The number of hydrogen-bond donors (Lipinski definition) is 1. The molecule has 0 aromatic carbocycles. The Kier molecular flexibility index (Phi) is 3.60. The molecule has 0 unspecified atom stereocenters. The van der Waals surface area contributed by atoms with Crippen molar-refractivity contribution in [3.05, 3.63) is 0 Å². The van der Waals surface area contributed by atoms with E-state index in [1.165, 1.54) is 6.42 Å². The smallest absolute Gasteiger partial charge is 0.0697 e. The van der Waals surface area contributed by atoms with Crippen LogP contribution in [0.25, 0.3) is 0 Å². The van der Waals surface area contributed by atoms with E-state index in [4.69, 9.17) is 4.74 Å². The fraction of sp³-hybridized carbons (Fsp3) is 1.00. The summed E-state index contributed by atoms with van der Waals surface area (Å²) in [4.78, 5) is 0. The van der Waals surface area contributed by atoms with Crippen LogP contribution >= 0.6 is 0 Å². The Morgan fingerprint density at radius 3 is 2.81 bits per heavy atom. The number of aliphatic hydroxyl groups is 1. The van der Waals surface area contributed by atoms with Crippen molar-refractivity contribution in [2.45, 2.75) is 77.1 Å². The lowest BCUT2D eigenvalue weighted by atomic mass is 9.69. The van der Waals surface area contributed by atoms with Gasteiger partial charge < -0.3 is 9.84 Å². The van der Waals surface area contributed by atoms with Gasteiger partial charge in [0.2, 0.25) is 0 Å². The zero-order valence-corrected chi connectivity index (χ0v) is 10.9. The van der Waals surface area contributed by atoms with E-state index in [2.05, 4.69) is 13.8 Å². The Balaban J connectivity index is 2.06. The van der Waals surface area contributed by atoms with Crippen molar-refractivity contribution in [3.63, 3.8) is 0 Å². The van der Waals surface area contributed by atoms with Crippen LogP contribution in [0.2, 0.25) is 0 Å². The lowest BCUT2D eigenvalue weighted by molar-refractivity contribution is -0.196. The Labute approximate surface area is 99.4 Å². The SMILES string of the molecule is CCC[C@H]1C[C@](C)(O)[C@@H]2CC[C@@H](C)C[C@H]2O1. The molecule has 94 valence electrons. The zero-order chi connectivity index (χ0) is 11.8. The van der Waals surface area contributed by atoms with Gasteiger partial charge in [-0.15, -0.1) is 0 Å². The second-order valence-corrected chi connectivity index (χ2v) is 6.17. The number of rotatable bonds is 2. The molecule has 16 heavy (non-hydrogen) atoms. The Bertz CT molecular complexity index is 237. The molecule has 1 heterocycles. The molecule has 2 aliphatic rings. The molecule has 1 aliphatic carbocycles. The molecule has 2 fully saturated rings. The molecule has 1 saturated heterocycles. The highest BCUT2D eigenvalue weighted by molar-refractivity contribution is 4.96. The van der Waals surface area contributed by atoms with Crippen molar-refractivity contribution < 1.29 is 9.84 Å². The Morgan fingerprint density at radius 2 is 2.12 bits per heavy atom. The Hall–Kier alpha value is -0.0800. The first kappa shape index (κ1) is 12.4. The number of fused-ring (bicyclic) bond motifs is 1. The van der Waals surface area contributed by atoms with Crippen LogP contribution in [0.4, 0.5) is 0 Å². The third-order valence-electron chi connectivity index (χ3n) is 4.47. The molecule has 0 aromatic heterocycles. The minimum atomic E-state index is -0.497. The summed E-state index contributed by atoms with van der Waals surface area (Å²) < 4.78 is 6.18. The monoisotopic (exact) mass is 226 g/mol. The van der Waals surface area contributed by atoms with Gasteiger partial charge in [0.15, 0.2) is 0 Å². The van der Waals surface area contributed by atoms with E-state index < -0.39 is 5.60 Å². The summed E-state index contributed by atoms with van der Waals surface area (Å²) in [6.45, 7) is 6.51. The first-order chi connectivity index (χ1) is 7.53. The van der Waals surface area contributed by atoms with Crippen molar-refractivity contribution in [1.29, 1.82) is 0 Å². The highest BCUT2D eigenvalue weighted by Gasteiger charge is 2.46. The first-order valence-corrected chi connectivity index (χ1v) is 6.90. The summed E-state index contributed by atoms with van der Waals surface area (Å²) in [6, 6.07) is 0. The van der Waals surface area contributed by atoms with Gasteiger partial charge in [0, 0.05) is 12.3 Å². The summed E-state index contributed by atoms with van der Waals surface area (Å²) in [5.41, 5.74) is -0.497. The van der Waals surface area contributed by atoms with Crippen LogP contribution in [0.3, 0.4) is 0 Å². The summed E-state index contributed by atoms with van der Waals surface area (Å²) in [5.74, 6) is 1.13. The predicted octanol–water partition coefficient (Wildman–Crippen LogP) is 3.13. The molecule has 1 aliphatic heterocycles. The van der Waals surface area contributed by atoms with E-state index in [0.29, 0.717) is 12.0 Å². The zero-order valence-electron chi connectivity index (χ0n) is 10.9. The van der Waals surface area contributed by atoms with Crippen LogP contribution in [0.1, 0.15) is 59.3 Å². The molecule has 0 bridgehead atoms. The van der Waals surface area contributed by atoms with Gasteiger partial charge in [-0.2, -0.15) is 0 Å². The molecule has 2 rings (SSSR count). The highest BCUT2D eigenvalue weighted by Crippen LogP contribution is 2.44. The summed E-state index contributed by atoms with van der Waals surface area (Å²) in [5, 5.41) is 10.6. The summed E-state index contributed by atoms with van der Waals surface area (Å²) in [7, 11) is 0. The molecule has 5 atom stereocenters. The molecule has 2 heteroatoms. The van der Waals surface area contributed by atoms with Crippen molar-refractivity contribution in [3.8, 4) is 0 Å². The van der Waals surface area contributed by atoms with Gasteiger partial charge in [-0.05, 0) is 32.1 Å². The topological polar surface area (TPSA) is 29.5 Å². The fourth-order valence-corrected chi connectivity index (χ4v) is 3.59. The van der Waals surface area contributed by atoms with E-state index in [9.17, 15) is 5.11 Å². The maximum Gasteiger partial charge on any atom is 0.0697 e. The van der Waals surface area contributed by atoms with Gasteiger partial charge in [0.1, 0.15) is 0 Å². The molecule has 1 N–H and O–H groups in total. The second kappa shape index (κ2) is 4.66. The van der Waals surface area contributed by atoms with Gasteiger partial charge in [0.25, 0.3) is 0 Å². The van der Waals surface area contributed by atoms with Crippen LogP contribution in [0, 0.1) is 11.8 Å². The average Bonchev–Trinajstić information content (AvgIpc) is 2.15. The molecule has 0 radical (unpaired) electrons. The van der Waals surface area contributed by atoms with E-state index in [0.717, 1.165) is 38.0 Å². The van der Waals surface area contributed by atoms with E-state index in [1.807, 2.05) is 6.92 Å². The van der Waals surface area contributed by atoms with Crippen molar-refractivity contribution in [2.75, 3.05) is 0 Å². The molecular weight excluding hydrogens is 200 g/mol. The van der Waals surface area contributed by atoms with Gasteiger partial charge in [-0.25, -0.2) is 0 Å². The van der Waals surface area contributed by atoms with Gasteiger partial charge in [0.05, 0.1) is 17.8 Å². The van der Waals surface area contributed by atoms with E-state index in [-0.39, 0.29) is 6.10 Å². The van der Waals surface area contributed by atoms with Crippen molar-refractivity contribution in [1.82, 2.24) is 0 Å². The molecule has 0 aromatic rings. The normalized spacial score (nSPS) is 48.8. The predicted molar refractivity (Wildman–Crippen MR) is 65.3 cm³/mol. The molecule has 2 nitrogen and oxygen atoms in total. The van der Waals surface area contributed by atoms with E-state index in [1.54, 1.807) is 0 Å². The second-order valence-electron chi connectivity index (χ2n) is 6.17. The highest BCUT2D eigenvalue weighted by atomic mass is 16.5. The quantitative estimate of drug-likeness (QED) is 0.784. The third kappa shape index (κ3) is 2.43. The average molecular weight is 226 g/mol. The standard InChI is InChI=1S/C14H26O2/c1-4-5-11-9-14(3,15)12-7-6-10(2)8-13(12)16-11/h10-13,15H,4-9H2,1-3H3/t10-,11+,12-,13-,14+/m1/s1. The van der Waals surface area contributed by atoms with Crippen molar-refractivity contribution >= 4 is 0 Å². The van der Waals surface area contributed by atoms with E-state index >= 15 is 0 Å². The number of hydrogen-bond acceptors (Lipinski definition) is 2. The Morgan fingerprint density at radius 1 is 1.38 bits per heavy atom. The largest absolute Gasteiger partial charge is 0.390 e. The molecule has 0 spiro atoms. The van der Waals surface area contributed by atoms with Gasteiger partial charge in [-0.3, -0.25) is 0 Å². The van der Waals surface area contributed by atoms with Crippen LogP contribution < -0.4 is 0 Å². The first-order valence-electron chi connectivity index (χ1n) is 6.90. The van der Waals surface area contributed by atoms with Crippen LogP contribution in [0.15, 0.2) is 0 Å². The summed E-state index contributed by atoms with van der Waals surface area (Å²) in [6.07, 6.45) is 7.19. The maximum absolute atomic E-state index is 10.6.